The Balaban J connectivity index is 2.31. The van der Waals surface area contributed by atoms with Crippen molar-refractivity contribution in [2.45, 2.75) is 17.4 Å². The quantitative estimate of drug-likeness (QED) is 0.745. The minimum absolute atomic E-state index is 0.0758. The van der Waals surface area contributed by atoms with E-state index in [1.54, 1.807) is 0 Å². The Hall–Kier alpha value is -1.18. The average Bonchev–Trinajstić information content (AvgIpc) is 2.57. The number of anilines is 1. The van der Waals surface area contributed by atoms with Crippen LogP contribution in [0.1, 0.15) is 12.1 Å². The van der Waals surface area contributed by atoms with Gasteiger partial charge in [0.25, 0.3) is 0 Å². The topological polar surface area (TPSA) is 46.1 Å². The van der Waals surface area contributed by atoms with Crippen molar-refractivity contribution in [1.29, 1.82) is 0 Å². The molecule has 17 heavy (non-hydrogen) atoms. The monoisotopic (exact) mass is 309 g/mol. The Morgan fingerprint density at radius 2 is 2.18 bits per heavy atom. The van der Waals surface area contributed by atoms with Crippen LogP contribution in [0.15, 0.2) is 12.3 Å². The summed E-state index contributed by atoms with van der Waals surface area (Å²) in [6, 6.07) is 0.773. The van der Waals surface area contributed by atoms with E-state index in [4.69, 9.17) is 0 Å². The highest BCUT2D eigenvalue weighted by molar-refractivity contribution is 9.09. The summed E-state index contributed by atoms with van der Waals surface area (Å²) >= 11 is 3.23. The molecule has 0 spiro atoms. The van der Waals surface area contributed by atoms with Crippen LogP contribution in [0.4, 0.5) is 19.1 Å². The van der Waals surface area contributed by atoms with Crippen molar-refractivity contribution in [3.05, 3.63) is 18.0 Å². The van der Waals surface area contributed by atoms with E-state index >= 15 is 0 Å². The molecular formula is C9H7BrF3N3O. The number of amides is 1. The van der Waals surface area contributed by atoms with Crippen molar-refractivity contribution in [1.82, 2.24) is 9.97 Å². The van der Waals surface area contributed by atoms with E-state index in [2.05, 4.69) is 25.9 Å². The number of alkyl halides is 4. The summed E-state index contributed by atoms with van der Waals surface area (Å²) in [5.41, 5.74) is -1.05. The number of aromatic nitrogens is 2. The molecule has 1 aliphatic heterocycles. The van der Waals surface area contributed by atoms with Crippen LogP contribution in [0.25, 0.3) is 0 Å². The van der Waals surface area contributed by atoms with Crippen molar-refractivity contribution >= 4 is 27.8 Å². The highest BCUT2D eigenvalue weighted by Crippen LogP contribution is 2.29. The van der Waals surface area contributed by atoms with Gasteiger partial charge in [0.2, 0.25) is 11.9 Å². The first-order chi connectivity index (χ1) is 7.88. The van der Waals surface area contributed by atoms with E-state index in [-0.39, 0.29) is 29.6 Å². The highest BCUT2D eigenvalue weighted by Gasteiger charge is 2.35. The molecule has 0 saturated carbocycles. The maximum absolute atomic E-state index is 12.4. The molecule has 1 amide bonds. The van der Waals surface area contributed by atoms with Gasteiger partial charge in [0.15, 0.2) is 0 Å². The molecule has 1 aromatic heterocycles. The number of halogens is 4. The van der Waals surface area contributed by atoms with E-state index in [0.29, 0.717) is 0 Å². The number of carbonyl (C=O) groups excluding carboxylic acids is 1. The molecule has 1 aliphatic rings. The second-order valence-electron chi connectivity index (χ2n) is 3.55. The first-order valence-corrected chi connectivity index (χ1v) is 5.64. The maximum atomic E-state index is 12.4. The third-order valence-electron chi connectivity index (χ3n) is 2.25. The molecule has 1 aromatic rings. The zero-order chi connectivity index (χ0) is 12.6. The molecule has 1 saturated heterocycles. The van der Waals surface area contributed by atoms with Gasteiger partial charge in [0, 0.05) is 24.0 Å². The van der Waals surface area contributed by atoms with Gasteiger partial charge in [0.1, 0.15) is 5.69 Å². The molecule has 0 aliphatic carbocycles. The molecule has 92 valence electrons. The summed E-state index contributed by atoms with van der Waals surface area (Å²) in [6.07, 6.45) is -3.30. The molecule has 2 rings (SSSR count). The second-order valence-corrected chi connectivity index (χ2v) is 4.84. The Kier molecular flexibility index (Phi) is 3.07. The maximum Gasteiger partial charge on any atom is 0.433 e. The van der Waals surface area contributed by atoms with Gasteiger partial charge in [-0.2, -0.15) is 13.2 Å². The third kappa shape index (κ3) is 2.56. The summed E-state index contributed by atoms with van der Waals surface area (Å²) in [4.78, 5) is 19.6. The highest BCUT2D eigenvalue weighted by atomic mass is 79.9. The number of hydrogen-bond acceptors (Lipinski definition) is 3. The molecule has 0 N–H and O–H groups in total. The van der Waals surface area contributed by atoms with Crippen molar-refractivity contribution < 1.29 is 18.0 Å². The molecule has 1 atom stereocenters. The molecule has 1 fully saturated rings. The van der Waals surface area contributed by atoms with Crippen LogP contribution in [0.2, 0.25) is 0 Å². The minimum atomic E-state index is -4.53. The molecule has 0 bridgehead atoms. The zero-order valence-corrected chi connectivity index (χ0v) is 9.99. The van der Waals surface area contributed by atoms with Crippen molar-refractivity contribution in [2.75, 3.05) is 11.4 Å². The van der Waals surface area contributed by atoms with Crippen molar-refractivity contribution in [3.63, 3.8) is 0 Å². The van der Waals surface area contributed by atoms with Crippen LogP contribution in [0.5, 0.6) is 0 Å². The van der Waals surface area contributed by atoms with Crippen molar-refractivity contribution in [3.8, 4) is 0 Å². The van der Waals surface area contributed by atoms with Gasteiger partial charge in [0.05, 0.1) is 0 Å². The lowest BCUT2D eigenvalue weighted by Gasteiger charge is -2.14. The standard InChI is InChI=1S/C9H7BrF3N3O/c10-5-3-7(17)16(4-5)8-14-2-1-6(15-8)9(11,12)13/h1-2,5H,3-4H2. The van der Waals surface area contributed by atoms with Crippen LogP contribution in [0.3, 0.4) is 0 Å². The minimum Gasteiger partial charge on any atom is -0.280 e. The van der Waals surface area contributed by atoms with E-state index in [9.17, 15) is 18.0 Å². The van der Waals surface area contributed by atoms with Gasteiger partial charge < -0.3 is 0 Å². The molecule has 8 heteroatoms. The van der Waals surface area contributed by atoms with E-state index < -0.39 is 11.9 Å². The largest absolute Gasteiger partial charge is 0.433 e. The summed E-state index contributed by atoms with van der Waals surface area (Å²) in [5, 5.41) is 0. The summed E-state index contributed by atoms with van der Waals surface area (Å²) in [7, 11) is 0. The van der Waals surface area contributed by atoms with Crippen LogP contribution in [0, 0.1) is 0 Å². The number of carbonyl (C=O) groups is 1. The molecule has 1 unspecified atom stereocenters. The first kappa shape index (κ1) is 12.3. The summed E-state index contributed by atoms with van der Waals surface area (Å²) in [6.45, 7) is 0.278. The number of rotatable bonds is 1. The van der Waals surface area contributed by atoms with Crippen molar-refractivity contribution in [2.24, 2.45) is 0 Å². The normalized spacial score (nSPS) is 21.1. The van der Waals surface area contributed by atoms with Gasteiger partial charge in [-0.1, -0.05) is 15.9 Å². The predicted molar refractivity (Wildman–Crippen MR) is 56.7 cm³/mol. The number of hydrogen-bond donors (Lipinski definition) is 0. The average molecular weight is 310 g/mol. The Morgan fingerprint density at radius 3 is 2.71 bits per heavy atom. The zero-order valence-electron chi connectivity index (χ0n) is 8.41. The van der Waals surface area contributed by atoms with Gasteiger partial charge >= 0.3 is 6.18 Å². The predicted octanol–water partition coefficient (Wildman–Crippen LogP) is 2.00. The van der Waals surface area contributed by atoms with Crippen LogP contribution in [-0.2, 0) is 11.0 Å². The molecular weight excluding hydrogens is 303 g/mol. The summed E-state index contributed by atoms with van der Waals surface area (Å²) < 4.78 is 37.3. The van der Waals surface area contributed by atoms with E-state index in [1.807, 2.05) is 0 Å². The molecule has 2 heterocycles. The Morgan fingerprint density at radius 1 is 1.47 bits per heavy atom. The van der Waals surface area contributed by atoms with Crippen LogP contribution in [-0.4, -0.2) is 27.2 Å². The lowest BCUT2D eigenvalue weighted by Crippen LogP contribution is -2.27. The lowest BCUT2D eigenvalue weighted by molar-refractivity contribution is -0.141. The third-order valence-corrected chi connectivity index (χ3v) is 2.87. The lowest BCUT2D eigenvalue weighted by atomic mass is 10.4. The van der Waals surface area contributed by atoms with Gasteiger partial charge in [-0.15, -0.1) is 0 Å². The Bertz CT molecular complexity index is 451. The first-order valence-electron chi connectivity index (χ1n) is 4.72. The summed E-state index contributed by atoms with van der Waals surface area (Å²) in [5.74, 6) is -0.488. The fraction of sp³-hybridized carbons (Fsp3) is 0.444. The van der Waals surface area contributed by atoms with Crippen LogP contribution >= 0.6 is 15.9 Å². The van der Waals surface area contributed by atoms with Gasteiger partial charge in [-0.25, -0.2) is 9.97 Å². The van der Waals surface area contributed by atoms with Crippen LogP contribution < -0.4 is 4.90 Å². The molecule has 4 nitrogen and oxygen atoms in total. The van der Waals surface area contributed by atoms with E-state index in [1.165, 1.54) is 0 Å². The smallest absolute Gasteiger partial charge is 0.280 e. The fourth-order valence-electron chi connectivity index (χ4n) is 1.49. The fourth-order valence-corrected chi connectivity index (χ4v) is 2.06. The molecule has 0 aromatic carbocycles. The van der Waals surface area contributed by atoms with Gasteiger partial charge in [-0.05, 0) is 6.07 Å². The SMILES string of the molecule is O=C1CC(Br)CN1c1nccc(C(F)(F)F)n1. The van der Waals surface area contributed by atoms with E-state index in [0.717, 1.165) is 17.2 Å². The second kappa shape index (κ2) is 4.25. The van der Waals surface area contributed by atoms with Gasteiger partial charge in [-0.3, -0.25) is 9.69 Å². The number of nitrogens with zero attached hydrogens (tertiary/aromatic N) is 3. The molecule has 0 radical (unpaired) electrons. The Labute approximate surface area is 103 Å².